The quantitative estimate of drug-likeness (QED) is 0.568. The van der Waals surface area contributed by atoms with Crippen molar-refractivity contribution < 1.29 is 0 Å². The Morgan fingerprint density at radius 3 is 2.20 bits per heavy atom. The van der Waals surface area contributed by atoms with Gasteiger partial charge in [-0.05, 0) is 38.1 Å². The second kappa shape index (κ2) is 3.70. The number of aryl methyl sites for hydroxylation is 2. The maximum atomic E-state index is 5.22. The molecule has 0 fully saturated rings. The van der Waals surface area contributed by atoms with Gasteiger partial charge in [0.25, 0.3) is 0 Å². The molecule has 3 N–H and O–H groups in total. The predicted molar refractivity (Wildman–Crippen MR) is 58.6 cm³/mol. The molecule has 2 rings (SSSR count). The molecule has 0 saturated heterocycles. The highest BCUT2D eigenvalue weighted by Gasteiger charge is 2.05. The van der Waals surface area contributed by atoms with E-state index in [1.54, 1.807) is 6.07 Å². The van der Waals surface area contributed by atoms with Crippen molar-refractivity contribution in [3.05, 3.63) is 35.7 Å². The summed E-state index contributed by atoms with van der Waals surface area (Å²) in [6.07, 6.45) is 0. The number of nitrogen functional groups attached to an aromatic ring is 1. The number of nitrogens with one attached hydrogen (secondary N) is 1. The van der Waals surface area contributed by atoms with E-state index < -0.39 is 0 Å². The van der Waals surface area contributed by atoms with E-state index in [9.17, 15) is 0 Å². The molecular weight excluding hydrogens is 190 g/mol. The van der Waals surface area contributed by atoms with E-state index in [2.05, 4.69) is 15.6 Å². The molecule has 78 valence electrons. The number of nitrogens with zero attached hydrogens (tertiary/aromatic N) is 3. The molecule has 0 aliphatic carbocycles. The number of rotatable bonds is 2. The summed E-state index contributed by atoms with van der Waals surface area (Å²) in [4.78, 5) is 0. The topological polar surface area (TPSA) is 68.8 Å². The molecule has 0 aromatic carbocycles. The van der Waals surface area contributed by atoms with Crippen LogP contribution in [0.5, 0.6) is 0 Å². The lowest BCUT2D eigenvalue weighted by atomic mass is 10.4. The van der Waals surface area contributed by atoms with Crippen molar-refractivity contribution in [2.24, 2.45) is 5.84 Å². The van der Waals surface area contributed by atoms with Crippen molar-refractivity contribution in [1.82, 2.24) is 14.8 Å². The van der Waals surface area contributed by atoms with Crippen molar-refractivity contribution in [2.75, 3.05) is 5.43 Å². The Bertz CT molecular complexity index is 438. The minimum absolute atomic E-state index is 0.557. The standard InChI is InChI=1S/C10H13N5/c1-7-3-4-8(2)15(7)10-6-5-9(12-11)13-14-10/h3-6H,11H2,1-2H3,(H,12,13). The Morgan fingerprint density at radius 1 is 1.07 bits per heavy atom. The van der Waals surface area contributed by atoms with Crippen LogP contribution in [0.15, 0.2) is 24.3 Å². The Balaban J connectivity index is 2.45. The third kappa shape index (κ3) is 1.69. The summed E-state index contributed by atoms with van der Waals surface area (Å²) in [7, 11) is 0. The Hall–Kier alpha value is -1.88. The number of nitrogens with two attached hydrogens (primary N) is 1. The maximum Gasteiger partial charge on any atom is 0.162 e. The molecule has 0 amide bonds. The van der Waals surface area contributed by atoms with Gasteiger partial charge in [-0.1, -0.05) is 0 Å². The molecule has 0 saturated carbocycles. The lowest BCUT2D eigenvalue weighted by molar-refractivity contribution is 0.871. The van der Waals surface area contributed by atoms with Crippen LogP contribution in [-0.4, -0.2) is 14.8 Å². The van der Waals surface area contributed by atoms with Gasteiger partial charge in [0, 0.05) is 11.4 Å². The highest BCUT2D eigenvalue weighted by Crippen LogP contribution is 2.14. The van der Waals surface area contributed by atoms with E-state index in [4.69, 9.17) is 5.84 Å². The summed E-state index contributed by atoms with van der Waals surface area (Å²) in [5, 5.41) is 8.01. The fraction of sp³-hybridized carbons (Fsp3) is 0.200. The molecule has 5 nitrogen and oxygen atoms in total. The van der Waals surface area contributed by atoms with Crippen LogP contribution >= 0.6 is 0 Å². The Labute approximate surface area is 87.9 Å². The summed E-state index contributed by atoms with van der Waals surface area (Å²) < 4.78 is 2.04. The van der Waals surface area contributed by atoms with Crippen molar-refractivity contribution in [3.63, 3.8) is 0 Å². The highest BCUT2D eigenvalue weighted by molar-refractivity contribution is 5.37. The number of anilines is 1. The van der Waals surface area contributed by atoms with Gasteiger partial charge in [0.15, 0.2) is 11.6 Å². The molecule has 2 aromatic heterocycles. The molecule has 5 heteroatoms. The smallest absolute Gasteiger partial charge is 0.162 e. The zero-order valence-corrected chi connectivity index (χ0v) is 8.73. The average Bonchev–Trinajstić information content (AvgIpc) is 2.59. The van der Waals surface area contributed by atoms with Crippen LogP contribution in [-0.2, 0) is 0 Å². The Kier molecular flexibility index (Phi) is 2.39. The summed E-state index contributed by atoms with van der Waals surface area (Å²) in [5.41, 5.74) is 4.71. The summed E-state index contributed by atoms with van der Waals surface area (Å²) in [6.45, 7) is 4.06. The minimum Gasteiger partial charge on any atom is -0.307 e. The minimum atomic E-state index is 0.557. The van der Waals surface area contributed by atoms with E-state index in [1.807, 2.05) is 36.6 Å². The molecule has 0 bridgehead atoms. The van der Waals surface area contributed by atoms with E-state index in [1.165, 1.54) is 0 Å². The van der Waals surface area contributed by atoms with Crippen molar-refractivity contribution in [3.8, 4) is 5.82 Å². The largest absolute Gasteiger partial charge is 0.307 e. The van der Waals surface area contributed by atoms with Gasteiger partial charge in [0.1, 0.15) is 0 Å². The monoisotopic (exact) mass is 203 g/mol. The molecule has 0 atom stereocenters. The van der Waals surface area contributed by atoms with Crippen LogP contribution < -0.4 is 11.3 Å². The van der Waals surface area contributed by atoms with Crippen molar-refractivity contribution in [2.45, 2.75) is 13.8 Å². The normalized spacial score (nSPS) is 10.3. The van der Waals surface area contributed by atoms with Crippen LogP contribution in [0, 0.1) is 13.8 Å². The third-order valence-electron chi connectivity index (χ3n) is 2.30. The van der Waals surface area contributed by atoms with Gasteiger partial charge in [0.05, 0.1) is 0 Å². The van der Waals surface area contributed by atoms with Gasteiger partial charge in [0.2, 0.25) is 0 Å². The average molecular weight is 203 g/mol. The van der Waals surface area contributed by atoms with Gasteiger partial charge in [-0.2, -0.15) is 0 Å². The van der Waals surface area contributed by atoms with Crippen molar-refractivity contribution in [1.29, 1.82) is 0 Å². The van der Waals surface area contributed by atoms with E-state index in [0.29, 0.717) is 5.82 Å². The van der Waals surface area contributed by atoms with Gasteiger partial charge in [-0.3, -0.25) is 0 Å². The van der Waals surface area contributed by atoms with Gasteiger partial charge in [-0.15, -0.1) is 10.2 Å². The second-order valence-electron chi connectivity index (χ2n) is 3.37. The van der Waals surface area contributed by atoms with Crippen LogP contribution in [0.2, 0.25) is 0 Å². The first-order valence-electron chi connectivity index (χ1n) is 4.68. The fourth-order valence-electron chi connectivity index (χ4n) is 1.55. The molecule has 15 heavy (non-hydrogen) atoms. The number of hydrazine groups is 1. The number of hydrogen-bond donors (Lipinski definition) is 2. The van der Waals surface area contributed by atoms with Gasteiger partial charge in [-0.25, -0.2) is 5.84 Å². The first-order chi connectivity index (χ1) is 7.22. The van der Waals surface area contributed by atoms with E-state index in [-0.39, 0.29) is 0 Å². The molecule has 0 aliphatic rings. The molecular formula is C10H13N5. The zero-order valence-electron chi connectivity index (χ0n) is 8.73. The van der Waals surface area contributed by atoms with E-state index in [0.717, 1.165) is 17.2 Å². The lowest BCUT2D eigenvalue weighted by Crippen LogP contribution is -2.10. The summed E-state index contributed by atoms with van der Waals surface area (Å²) in [5.74, 6) is 6.58. The maximum absolute atomic E-state index is 5.22. The van der Waals surface area contributed by atoms with Crippen LogP contribution in [0.4, 0.5) is 5.82 Å². The lowest BCUT2D eigenvalue weighted by Gasteiger charge is -2.07. The van der Waals surface area contributed by atoms with Crippen LogP contribution in [0.25, 0.3) is 5.82 Å². The molecule has 0 aliphatic heterocycles. The Morgan fingerprint density at radius 2 is 1.73 bits per heavy atom. The van der Waals surface area contributed by atoms with Gasteiger partial charge >= 0.3 is 0 Å². The first-order valence-corrected chi connectivity index (χ1v) is 4.68. The molecule has 2 heterocycles. The molecule has 0 radical (unpaired) electrons. The zero-order chi connectivity index (χ0) is 10.8. The second-order valence-corrected chi connectivity index (χ2v) is 3.37. The number of aromatic nitrogens is 3. The highest BCUT2D eigenvalue weighted by atomic mass is 15.3. The van der Waals surface area contributed by atoms with Crippen LogP contribution in [0.1, 0.15) is 11.4 Å². The predicted octanol–water partition coefficient (Wildman–Crippen LogP) is 1.17. The van der Waals surface area contributed by atoms with Crippen LogP contribution in [0.3, 0.4) is 0 Å². The molecule has 0 spiro atoms. The van der Waals surface area contributed by atoms with Gasteiger partial charge < -0.3 is 9.99 Å². The summed E-state index contributed by atoms with van der Waals surface area (Å²) >= 11 is 0. The molecule has 0 unspecified atom stereocenters. The SMILES string of the molecule is Cc1ccc(C)n1-c1ccc(NN)nn1. The fourth-order valence-corrected chi connectivity index (χ4v) is 1.55. The molecule has 2 aromatic rings. The number of hydrogen-bond acceptors (Lipinski definition) is 4. The third-order valence-corrected chi connectivity index (χ3v) is 2.30. The first kappa shape index (κ1) is 9.67. The van der Waals surface area contributed by atoms with E-state index >= 15 is 0 Å². The van der Waals surface area contributed by atoms with Crippen molar-refractivity contribution >= 4 is 5.82 Å². The summed E-state index contributed by atoms with van der Waals surface area (Å²) in [6, 6.07) is 7.77.